The van der Waals surface area contributed by atoms with Crippen LogP contribution >= 0.6 is 0 Å². The van der Waals surface area contributed by atoms with Crippen molar-refractivity contribution in [1.29, 1.82) is 0 Å². The number of fused-ring (bicyclic) bond motifs is 5. The molecule has 0 unspecified atom stereocenters. The van der Waals surface area contributed by atoms with Crippen LogP contribution in [0.4, 0.5) is 0 Å². The highest BCUT2D eigenvalue weighted by Gasteiger charge is 2.72. The van der Waals surface area contributed by atoms with Crippen LogP contribution in [0.2, 0.25) is 0 Å². The number of carbonyl (C=O) groups is 1. The zero-order valence-electron chi connectivity index (χ0n) is 49.3. The van der Waals surface area contributed by atoms with Crippen LogP contribution in [0.1, 0.15) is 113 Å². The van der Waals surface area contributed by atoms with Gasteiger partial charge in [0.15, 0.2) is 31.5 Å². The highest BCUT2D eigenvalue weighted by Crippen LogP contribution is 2.75. The summed E-state index contributed by atoms with van der Waals surface area (Å²) in [6.45, 7) is 14.1. The van der Waals surface area contributed by atoms with Crippen molar-refractivity contribution in [2.75, 3.05) is 33.0 Å². The predicted molar refractivity (Wildman–Crippen MR) is 286 cm³/mol. The van der Waals surface area contributed by atoms with Crippen LogP contribution in [0.3, 0.4) is 0 Å². The van der Waals surface area contributed by atoms with Crippen LogP contribution < -0.4 is 0 Å². The molecular formula is C58H96O26. The Bertz CT molecular complexity index is 2260. The number of allylic oxidation sites excluding steroid dienone is 2. The molecule has 5 aliphatic heterocycles. The Morgan fingerprint density at radius 1 is 0.571 bits per heavy atom. The number of aliphatic hydroxyl groups is 15. The molecule has 4 saturated carbocycles. The molecule has 4 aliphatic carbocycles. The number of hydrogen-bond donors (Lipinski definition) is 15. The van der Waals surface area contributed by atoms with Crippen molar-refractivity contribution in [3.8, 4) is 0 Å². The molecule has 484 valence electrons. The summed E-state index contributed by atoms with van der Waals surface area (Å²) in [4.78, 5) is 15.5. The van der Waals surface area contributed by atoms with Crippen LogP contribution in [0, 0.1) is 45.3 Å². The van der Waals surface area contributed by atoms with Gasteiger partial charge in [-0.15, -0.1) is 0 Å². The van der Waals surface area contributed by atoms with Crippen molar-refractivity contribution in [2.45, 2.75) is 266 Å². The maximum atomic E-state index is 15.5. The van der Waals surface area contributed by atoms with Crippen LogP contribution in [0.15, 0.2) is 11.6 Å². The topological polar surface area (TPSA) is 413 Å². The summed E-state index contributed by atoms with van der Waals surface area (Å²) in [5, 5.41) is 161. The first-order valence-electron chi connectivity index (χ1n) is 30.1. The van der Waals surface area contributed by atoms with Crippen molar-refractivity contribution in [3.05, 3.63) is 11.6 Å². The summed E-state index contributed by atoms with van der Waals surface area (Å²) in [6, 6.07) is 0. The van der Waals surface area contributed by atoms with E-state index in [9.17, 15) is 76.6 Å². The minimum absolute atomic E-state index is 0.0623. The van der Waals surface area contributed by atoms with Gasteiger partial charge in [-0.25, -0.2) is 0 Å². The Morgan fingerprint density at radius 2 is 1.10 bits per heavy atom. The number of carbonyl (C=O) groups excluding carboxylic acids is 1. The van der Waals surface area contributed by atoms with Crippen LogP contribution in [0.25, 0.3) is 0 Å². The van der Waals surface area contributed by atoms with Gasteiger partial charge in [0.05, 0.1) is 44.7 Å². The Morgan fingerprint density at radius 3 is 1.73 bits per heavy atom. The molecule has 0 radical (unpaired) electrons. The van der Waals surface area contributed by atoms with Crippen molar-refractivity contribution in [1.82, 2.24) is 0 Å². The molecule has 84 heavy (non-hydrogen) atoms. The number of rotatable bonds is 18. The van der Waals surface area contributed by atoms with Crippen molar-refractivity contribution in [3.63, 3.8) is 0 Å². The largest absolute Gasteiger partial charge is 0.394 e. The molecule has 0 aromatic rings. The van der Waals surface area contributed by atoms with E-state index in [1.165, 1.54) is 0 Å². The first kappa shape index (κ1) is 66.8. The van der Waals surface area contributed by atoms with Gasteiger partial charge in [-0.1, -0.05) is 46.3 Å². The van der Waals surface area contributed by atoms with Gasteiger partial charge in [-0.05, 0) is 112 Å². The van der Waals surface area contributed by atoms with Crippen LogP contribution in [-0.2, 0) is 52.2 Å². The summed E-state index contributed by atoms with van der Waals surface area (Å²) in [5.41, 5.74) is -2.11. The lowest BCUT2D eigenvalue weighted by Gasteiger charge is -2.69. The molecule has 5 heterocycles. The number of ether oxygens (including phenoxy) is 10. The van der Waals surface area contributed by atoms with E-state index >= 15 is 4.79 Å². The molecule has 32 atom stereocenters. The molecule has 26 heteroatoms. The van der Waals surface area contributed by atoms with Gasteiger partial charge in [0.1, 0.15) is 116 Å². The Hall–Kier alpha value is -1.59. The second kappa shape index (κ2) is 25.6. The van der Waals surface area contributed by atoms with Crippen LogP contribution in [-0.4, -0.2) is 268 Å². The van der Waals surface area contributed by atoms with E-state index in [4.69, 9.17) is 47.4 Å². The lowest BCUT2D eigenvalue weighted by Crippen LogP contribution is -2.67. The monoisotopic (exact) mass is 1210 g/mol. The fraction of sp³-hybridized carbons (Fsp3) is 0.948. The van der Waals surface area contributed by atoms with E-state index in [1.54, 1.807) is 0 Å². The average Bonchev–Trinajstić information content (AvgIpc) is 1.25. The fourth-order valence-corrected chi connectivity index (χ4v) is 16.8. The zero-order valence-corrected chi connectivity index (χ0v) is 49.3. The molecule has 26 nitrogen and oxygen atoms in total. The molecule has 0 amide bonds. The number of ketones is 1. The number of hydrogen-bond acceptors (Lipinski definition) is 26. The summed E-state index contributed by atoms with van der Waals surface area (Å²) >= 11 is 0. The van der Waals surface area contributed by atoms with E-state index in [0.717, 1.165) is 18.4 Å². The lowest BCUT2D eigenvalue weighted by atomic mass is 9.35. The molecule has 15 N–H and O–H groups in total. The van der Waals surface area contributed by atoms with Gasteiger partial charge in [-0.3, -0.25) is 4.79 Å². The minimum atomic E-state index is -1.89. The first-order chi connectivity index (χ1) is 39.4. The molecule has 5 saturated heterocycles. The van der Waals surface area contributed by atoms with E-state index in [2.05, 4.69) is 40.7 Å². The molecule has 9 aliphatic rings. The molecule has 0 bridgehead atoms. The normalized spacial score (nSPS) is 52.0. The third-order valence-corrected chi connectivity index (χ3v) is 22.0. The highest BCUT2D eigenvalue weighted by molar-refractivity contribution is 5.84. The van der Waals surface area contributed by atoms with Crippen molar-refractivity contribution < 1.29 is 129 Å². The van der Waals surface area contributed by atoms with Gasteiger partial charge < -0.3 is 124 Å². The average molecular weight is 1210 g/mol. The summed E-state index contributed by atoms with van der Waals surface area (Å²) in [5.74, 6) is -0.945. The van der Waals surface area contributed by atoms with E-state index < -0.39 is 202 Å². The molecule has 0 spiro atoms. The molecular weight excluding hydrogens is 1110 g/mol. The molecule has 9 fully saturated rings. The summed E-state index contributed by atoms with van der Waals surface area (Å²) in [7, 11) is 0. The first-order valence-corrected chi connectivity index (χ1v) is 30.1. The molecule has 9 rings (SSSR count). The SMILES string of the molecule is CC(C)=CCC[C@](C)(O[C@@H]1O[C@H](CO[C@@H]2O[C@@H](CO)[C@@H](O)[C@H]2O)[C@@H](O)[C@H](O)[C@H]1O)[C@H]1CC[C@]2(C)[C@@H]1C(=O)C[C@@H]1[C@@]3(C)CC[C@H](O[C@@H]4O[C@H](CO[C@@H]5OC[C@@H](O)[C@H](O)[C@H]5O)[C@@H](O)[C@H](O)[C@H]4O[C@@H]4O[C@H](CO)[C@@H](O)[C@H](O)[C@H]4O)C(C)(C)[C@H]3CC[C@]12C. The van der Waals surface area contributed by atoms with Crippen molar-refractivity contribution >= 4 is 5.78 Å². The van der Waals surface area contributed by atoms with E-state index in [1.807, 2.05) is 20.8 Å². The Kier molecular flexibility index (Phi) is 20.4. The minimum Gasteiger partial charge on any atom is -0.394 e. The number of Topliss-reactive ketones (excluding diaryl/α,β-unsaturated/α-hetero) is 1. The fourth-order valence-electron chi connectivity index (χ4n) is 16.8. The smallest absolute Gasteiger partial charge is 0.187 e. The van der Waals surface area contributed by atoms with E-state index in [0.29, 0.717) is 38.5 Å². The third kappa shape index (κ3) is 11.9. The van der Waals surface area contributed by atoms with Gasteiger partial charge in [0.25, 0.3) is 0 Å². The Labute approximate surface area is 489 Å². The standard InChI is InChI=1S/C58H96O26/c1-24(2)10-9-14-58(8,84-52-47(74)42(69)39(66)30(80-52)23-77-50-45(72)38(65)29(20-60)78-50)25-11-16-57(7)35(25)26(61)18-33-55(5)15-13-34(54(3,4)32(55)12-17-56(33,57)6)82-53-48(83-51-46(73)41(68)37(64)28(19-59)79-51)43(70)40(67)31(81-53)22-76-49-44(71)36(63)27(62)21-75-49/h10,25,27-53,59-60,62-74H,9,11-23H2,1-8H3/t25-,27+,28+,29-,30+,31+,32+,33+,34-,35-,36-,37+,38+,39+,40+,41-,42-,43-,44+,45+,46+,47+,48+,49-,50+,51-,52-,53-,55-,56+,57+,58-/m0/s1. The van der Waals surface area contributed by atoms with Crippen LogP contribution in [0.5, 0.6) is 0 Å². The summed E-state index contributed by atoms with van der Waals surface area (Å²) in [6.07, 6.45) is -29.9. The van der Waals surface area contributed by atoms with Crippen molar-refractivity contribution in [2.24, 2.45) is 45.3 Å². The maximum Gasteiger partial charge on any atom is 0.187 e. The zero-order chi connectivity index (χ0) is 61.5. The quantitative estimate of drug-likeness (QED) is 0.0484. The predicted octanol–water partition coefficient (Wildman–Crippen LogP) is -2.89. The highest BCUT2D eigenvalue weighted by atomic mass is 16.8. The second-order valence-electron chi connectivity index (χ2n) is 27.5. The second-order valence-corrected chi connectivity index (χ2v) is 27.5. The number of aliphatic hydroxyl groups excluding tert-OH is 15. The van der Waals surface area contributed by atoms with Gasteiger partial charge >= 0.3 is 0 Å². The molecule has 0 aromatic heterocycles. The molecule has 0 aromatic carbocycles. The lowest BCUT2D eigenvalue weighted by molar-refractivity contribution is -0.381. The summed E-state index contributed by atoms with van der Waals surface area (Å²) < 4.78 is 60.6. The maximum absolute atomic E-state index is 15.5. The van der Waals surface area contributed by atoms with Gasteiger partial charge in [0.2, 0.25) is 0 Å². The Balaban J connectivity index is 0.940. The van der Waals surface area contributed by atoms with Gasteiger partial charge in [0, 0.05) is 12.3 Å². The van der Waals surface area contributed by atoms with Gasteiger partial charge in [-0.2, -0.15) is 0 Å². The van der Waals surface area contributed by atoms with E-state index in [-0.39, 0.29) is 42.0 Å². The third-order valence-electron chi connectivity index (χ3n) is 22.0.